The predicted octanol–water partition coefficient (Wildman–Crippen LogP) is 7.62. The van der Waals surface area contributed by atoms with Gasteiger partial charge in [-0.05, 0) is 73.9 Å². The van der Waals surface area contributed by atoms with Crippen molar-refractivity contribution in [3.8, 4) is 0 Å². The third-order valence-electron chi connectivity index (χ3n) is 11.4. The molecule has 12 nitrogen and oxygen atoms in total. The number of aromatic amines is 1. The number of fused-ring (bicyclic) bond motifs is 1. The van der Waals surface area contributed by atoms with Crippen molar-refractivity contribution in [2.24, 2.45) is 0 Å². The fourth-order valence-corrected chi connectivity index (χ4v) is 8.37. The molecule has 2 heterocycles. The second-order valence-corrected chi connectivity index (χ2v) is 17.2. The molecule has 0 fully saturated rings. The van der Waals surface area contributed by atoms with E-state index in [0.717, 1.165) is 44.4 Å². The summed E-state index contributed by atoms with van der Waals surface area (Å²) in [5.74, 6) is -1.49. The molecule has 334 valence electrons. The van der Waals surface area contributed by atoms with Gasteiger partial charge in [0, 0.05) is 43.2 Å². The predicted molar refractivity (Wildman–Crippen MR) is 253 cm³/mol. The smallest absolute Gasteiger partial charge is 0.408 e. The van der Waals surface area contributed by atoms with Gasteiger partial charge < -0.3 is 35.6 Å². The Labute approximate surface area is 380 Å². The van der Waals surface area contributed by atoms with E-state index >= 15 is 0 Å². The van der Waals surface area contributed by atoms with Crippen molar-refractivity contribution in [1.82, 2.24) is 35.8 Å². The van der Waals surface area contributed by atoms with Crippen LogP contribution >= 0.6 is 0 Å². The fraction of sp³-hybridized carbons (Fsp3) is 0.264. The van der Waals surface area contributed by atoms with Crippen LogP contribution in [-0.4, -0.2) is 69.1 Å². The molecule has 0 aliphatic heterocycles. The Morgan fingerprint density at radius 1 is 0.646 bits per heavy atom. The van der Waals surface area contributed by atoms with Crippen LogP contribution in [0, 0.1) is 0 Å². The number of benzene rings is 5. The fourth-order valence-electron chi connectivity index (χ4n) is 8.37. The van der Waals surface area contributed by atoms with Gasteiger partial charge in [0.1, 0.15) is 29.3 Å². The molecule has 12 heteroatoms. The maximum atomic E-state index is 14.5. The van der Waals surface area contributed by atoms with E-state index < -0.39 is 47.2 Å². The van der Waals surface area contributed by atoms with Gasteiger partial charge in [-0.3, -0.25) is 14.4 Å². The number of H-pyrrole nitrogens is 1. The van der Waals surface area contributed by atoms with Gasteiger partial charge in [-0.2, -0.15) is 0 Å². The quantitative estimate of drug-likeness (QED) is 0.0559. The lowest BCUT2D eigenvalue weighted by atomic mass is 9.77. The molecule has 2 aromatic heterocycles. The maximum absolute atomic E-state index is 14.5. The van der Waals surface area contributed by atoms with E-state index in [-0.39, 0.29) is 25.2 Å². The van der Waals surface area contributed by atoms with Crippen molar-refractivity contribution in [2.45, 2.75) is 82.1 Å². The zero-order chi connectivity index (χ0) is 45.8. The van der Waals surface area contributed by atoms with Crippen molar-refractivity contribution in [3.63, 3.8) is 0 Å². The summed E-state index contributed by atoms with van der Waals surface area (Å²) in [5, 5.41) is 12.3. The molecule has 3 atom stereocenters. The highest BCUT2D eigenvalue weighted by Crippen LogP contribution is 2.41. The number of imidazole rings is 1. The Hall–Kier alpha value is -7.47. The highest BCUT2D eigenvalue weighted by atomic mass is 16.6. The third-order valence-corrected chi connectivity index (χ3v) is 11.4. The lowest BCUT2D eigenvalue weighted by Gasteiger charge is -2.37. The summed E-state index contributed by atoms with van der Waals surface area (Å²) in [6.07, 6.45) is 6.43. The SMILES string of the molecule is CNC(=O)[C@H](Cc1c[nH]c2ccccc12)NC(=O)C(CCCc1cn(C(c2ccccc2)(c2ccccc2)c2ccccc2)cn1)NC(=O)[C@@H](Cc1ccccc1)NC(=O)OC(C)(C)C. The number of alkyl carbamates (subject to hydrolysis) is 1. The average molecular weight is 872 g/mol. The topological polar surface area (TPSA) is 159 Å². The van der Waals surface area contributed by atoms with E-state index in [9.17, 15) is 19.2 Å². The highest BCUT2D eigenvalue weighted by molar-refractivity contribution is 5.94. The minimum Gasteiger partial charge on any atom is -0.444 e. The van der Waals surface area contributed by atoms with E-state index in [1.54, 1.807) is 20.8 Å². The van der Waals surface area contributed by atoms with Gasteiger partial charge in [0.05, 0.1) is 12.0 Å². The van der Waals surface area contributed by atoms with Crippen molar-refractivity contribution in [2.75, 3.05) is 7.05 Å². The van der Waals surface area contributed by atoms with Crippen LogP contribution in [0.15, 0.2) is 164 Å². The Morgan fingerprint density at radius 2 is 1.17 bits per heavy atom. The number of likely N-dealkylation sites (N-methyl/N-ethyl adjacent to an activating group) is 1. The molecule has 5 N–H and O–H groups in total. The Morgan fingerprint density at radius 3 is 1.75 bits per heavy atom. The number of nitrogens with one attached hydrogen (secondary N) is 5. The van der Waals surface area contributed by atoms with E-state index in [4.69, 9.17) is 9.72 Å². The van der Waals surface area contributed by atoms with Crippen molar-refractivity contribution >= 4 is 34.7 Å². The number of carbonyl (C=O) groups excluding carboxylic acids is 4. The van der Waals surface area contributed by atoms with Crippen molar-refractivity contribution < 1.29 is 23.9 Å². The zero-order valence-electron chi connectivity index (χ0n) is 37.3. The summed E-state index contributed by atoms with van der Waals surface area (Å²) < 4.78 is 7.68. The minimum atomic E-state index is -1.09. The molecule has 5 aromatic carbocycles. The second kappa shape index (κ2) is 20.8. The number of para-hydroxylation sites is 1. The van der Waals surface area contributed by atoms with Crippen LogP contribution in [0.1, 0.15) is 67.1 Å². The van der Waals surface area contributed by atoms with Gasteiger partial charge in [-0.1, -0.05) is 140 Å². The molecule has 0 radical (unpaired) electrons. The number of aromatic nitrogens is 3. The lowest BCUT2D eigenvalue weighted by molar-refractivity contribution is -0.132. The first kappa shape index (κ1) is 45.6. The average Bonchev–Trinajstić information content (AvgIpc) is 3.96. The number of rotatable bonds is 18. The summed E-state index contributed by atoms with van der Waals surface area (Å²) in [4.78, 5) is 63.5. The molecule has 0 saturated carbocycles. The van der Waals surface area contributed by atoms with Crippen molar-refractivity contribution in [3.05, 3.63) is 198 Å². The normalized spacial score (nSPS) is 13.0. The zero-order valence-corrected chi connectivity index (χ0v) is 37.3. The summed E-state index contributed by atoms with van der Waals surface area (Å²) in [6, 6.07) is 44.9. The molecule has 1 unspecified atom stereocenters. The second-order valence-electron chi connectivity index (χ2n) is 17.2. The minimum absolute atomic E-state index is 0.144. The number of aryl methyl sites for hydroxylation is 1. The summed E-state index contributed by atoms with van der Waals surface area (Å²) >= 11 is 0. The third kappa shape index (κ3) is 11.2. The molecular weight excluding hydrogens is 815 g/mol. The van der Waals surface area contributed by atoms with Gasteiger partial charge in [-0.15, -0.1) is 0 Å². The van der Waals surface area contributed by atoms with Crippen LogP contribution in [0.3, 0.4) is 0 Å². The molecule has 65 heavy (non-hydrogen) atoms. The summed E-state index contributed by atoms with van der Waals surface area (Å²) in [6.45, 7) is 5.23. The van der Waals surface area contributed by atoms with Crippen LogP contribution in [-0.2, 0) is 43.9 Å². The van der Waals surface area contributed by atoms with Gasteiger partial charge >= 0.3 is 6.09 Å². The summed E-state index contributed by atoms with van der Waals surface area (Å²) in [5.41, 5.74) is 4.98. The molecule has 0 spiro atoms. The first-order chi connectivity index (χ1) is 31.4. The van der Waals surface area contributed by atoms with E-state index in [2.05, 4.69) is 67.2 Å². The Balaban J connectivity index is 1.17. The summed E-state index contributed by atoms with van der Waals surface area (Å²) in [7, 11) is 1.52. The van der Waals surface area contributed by atoms with Gasteiger partial charge in [-0.25, -0.2) is 9.78 Å². The van der Waals surface area contributed by atoms with Gasteiger partial charge in [0.2, 0.25) is 17.7 Å². The van der Waals surface area contributed by atoms with Crippen LogP contribution in [0.5, 0.6) is 0 Å². The van der Waals surface area contributed by atoms with E-state index in [1.165, 1.54) is 7.05 Å². The van der Waals surface area contributed by atoms with Crippen LogP contribution in [0.4, 0.5) is 4.79 Å². The molecule has 0 aliphatic carbocycles. The van der Waals surface area contributed by atoms with Gasteiger partial charge in [0.25, 0.3) is 0 Å². The number of hydrogen-bond donors (Lipinski definition) is 5. The highest BCUT2D eigenvalue weighted by Gasteiger charge is 2.38. The van der Waals surface area contributed by atoms with Gasteiger partial charge in [0.15, 0.2) is 0 Å². The first-order valence-corrected chi connectivity index (χ1v) is 22.1. The first-order valence-electron chi connectivity index (χ1n) is 22.1. The van der Waals surface area contributed by atoms with Crippen LogP contribution in [0.2, 0.25) is 0 Å². The number of amides is 4. The number of carbonyl (C=O) groups is 4. The number of ether oxygens (including phenoxy) is 1. The van der Waals surface area contributed by atoms with Crippen molar-refractivity contribution in [1.29, 1.82) is 0 Å². The molecule has 0 saturated heterocycles. The van der Waals surface area contributed by atoms with Crippen LogP contribution < -0.4 is 21.3 Å². The van der Waals surface area contributed by atoms with E-state index in [0.29, 0.717) is 12.8 Å². The Bertz CT molecular complexity index is 2560. The maximum Gasteiger partial charge on any atom is 0.408 e. The molecular formula is C53H57N7O5. The lowest BCUT2D eigenvalue weighted by Crippen LogP contribution is -2.57. The Kier molecular flexibility index (Phi) is 14.6. The molecule has 4 amide bonds. The molecule has 0 bridgehead atoms. The number of nitrogens with zero attached hydrogens (tertiary/aromatic N) is 2. The van der Waals surface area contributed by atoms with E-state index in [1.807, 2.05) is 128 Å². The largest absolute Gasteiger partial charge is 0.444 e. The monoisotopic (exact) mass is 871 g/mol. The molecule has 7 aromatic rings. The van der Waals surface area contributed by atoms with Crippen LogP contribution in [0.25, 0.3) is 10.9 Å². The standard InChI is InChI=1S/C53H57N7O5/c1-52(2,3)65-51(64)59-46(32-37-20-9-5-10-21-37)50(63)57-45(49(62)58-47(48(61)54-4)33-38-34-55-44-30-18-17-29-43(38)44)31-19-28-42-35-60(36-56-42)53(39-22-11-6-12-23-39,40-24-13-7-14-25-40)41-26-15-8-16-27-41/h5-18,20-27,29-30,34-36,45-47,55H,19,28,31-33H2,1-4H3,(H,54,61)(H,57,63)(H,58,62)(H,59,64)/t45?,46-,47+/m1/s1. The molecule has 7 rings (SSSR count). The molecule has 0 aliphatic rings. The number of hydrogen-bond acceptors (Lipinski definition) is 6.